The SMILES string of the molecule is CCNC(=NCc1ccc(Cn2ccccc2=O)cc1)N(C)Cc1cn(C)nc1C(C)C. The van der Waals surface area contributed by atoms with Gasteiger partial charge in [-0.3, -0.25) is 9.48 Å². The minimum atomic E-state index is 0.00809. The molecule has 32 heavy (non-hydrogen) atoms. The minimum absolute atomic E-state index is 0.00809. The third-order valence-electron chi connectivity index (χ3n) is 5.27. The number of aryl methyl sites for hydroxylation is 1. The number of guanidine groups is 1. The molecule has 0 amide bonds. The molecule has 3 aromatic rings. The van der Waals surface area contributed by atoms with E-state index in [2.05, 4.69) is 73.6 Å². The number of aliphatic imine (C=N–C) groups is 1. The molecule has 0 saturated carbocycles. The summed E-state index contributed by atoms with van der Waals surface area (Å²) in [6, 6.07) is 13.5. The molecule has 1 N–H and O–H groups in total. The molecule has 0 aliphatic carbocycles. The molecule has 1 aromatic carbocycles. The van der Waals surface area contributed by atoms with E-state index in [9.17, 15) is 4.79 Å². The summed E-state index contributed by atoms with van der Waals surface area (Å²) < 4.78 is 3.59. The Morgan fingerprint density at radius 1 is 1.16 bits per heavy atom. The third kappa shape index (κ3) is 6.09. The molecule has 0 atom stereocenters. The van der Waals surface area contributed by atoms with Crippen molar-refractivity contribution in [2.45, 2.75) is 46.3 Å². The van der Waals surface area contributed by atoms with Crippen LogP contribution in [-0.4, -0.2) is 38.8 Å². The van der Waals surface area contributed by atoms with E-state index >= 15 is 0 Å². The minimum Gasteiger partial charge on any atom is -0.357 e. The van der Waals surface area contributed by atoms with E-state index in [0.29, 0.717) is 19.0 Å². The van der Waals surface area contributed by atoms with Gasteiger partial charge in [0.1, 0.15) is 0 Å². The van der Waals surface area contributed by atoms with Crippen LogP contribution in [-0.2, 0) is 26.7 Å². The molecule has 170 valence electrons. The predicted octanol–water partition coefficient (Wildman–Crippen LogP) is 3.35. The molecule has 0 unspecified atom stereocenters. The Labute approximate surface area is 190 Å². The van der Waals surface area contributed by atoms with Crippen molar-refractivity contribution in [1.29, 1.82) is 0 Å². The van der Waals surface area contributed by atoms with E-state index in [0.717, 1.165) is 35.9 Å². The van der Waals surface area contributed by atoms with E-state index in [-0.39, 0.29) is 5.56 Å². The number of nitrogens with zero attached hydrogens (tertiary/aromatic N) is 5. The molecule has 0 spiro atoms. The number of aromatic nitrogens is 3. The molecule has 0 saturated heterocycles. The van der Waals surface area contributed by atoms with E-state index in [4.69, 9.17) is 4.99 Å². The van der Waals surface area contributed by atoms with E-state index in [1.807, 2.05) is 24.0 Å². The summed E-state index contributed by atoms with van der Waals surface area (Å²) in [5.74, 6) is 1.25. The average Bonchev–Trinajstić information content (AvgIpc) is 3.14. The van der Waals surface area contributed by atoms with Crippen LogP contribution in [0.5, 0.6) is 0 Å². The third-order valence-corrected chi connectivity index (χ3v) is 5.27. The largest absolute Gasteiger partial charge is 0.357 e. The molecule has 0 aliphatic rings. The van der Waals surface area contributed by atoms with Crippen LogP contribution in [0, 0.1) is 0 Å². The maximum Gasteiger partial charge on any atom is 0.250 e. The van der Waals surface area contributed by atoms with Gasteiger partial charge in [-0.2, -0.15) is 5.10 Å². The van der Waals surface area contributed by atoms with Crippen molar-refractivity contribution in [2.24, 2.45) is 12.0 Å². The van der Waals surface area contributed by atoms with Crippen LogP contribution in [0.4, 0.5) is 0 Å². The highest BCUT2D eigenvalue weighted by Gasteiger charge is 2.15. The first-order valence-corrected chi connectivity index (χ1v) is 11.1. The van der Waals surface area contributed by atoms with Crippen LogP contribution in [0.2, 0.25) is 0 Å². The Morgan fingerprint density at radius 2 is 1.88 bits per heavy atom. The topological polar surface area (TPSA) is 67.5 Å². The van der Waals surface area contributed by atoms with Gasteiger partial charge >= 0.3 is 0 Å². The van der Waals surface area contributed by atoms with Crippen molar-refractivity contribution in [3.05, 3.63) is 87.6 Å². The second-order valence-corrected chi connectivity index (χ2v) is 8.38. The zero-order valence-corrected chi connectivity index (χ0v) is 19.7. The molecule has 3 rings (SSSR count). The number of hydrogen-bond acceptors (Lipinski definition) is 3. The van der Waals surface area contributed by atoms with E-state index < -0.39 is 0 Å². The van der Waals surface area contributed by atoms with Crippen molar-refractivity contribution in [3.8, 4) is 0 Å². The van der Waals surface area contributed by atoms with Gasteiger partial charge in [0.25, 0.3) is 5.56 Å². The Hall–Kier alpha value is -3.35. The van der Waals surface area contributed by atoms with Crippen LogP contribution >= 0.6 is 0 Å². The van der Waals surface area contributed by atoms with Gasteiger partial charge in [0.05, 0.1) is 18.8 Å². The highest BCUT2D eigenvalue weighted by Crippen LogP contribution is 2.18. The van der Waals surface area contributed by atoms with Crippen molar-refractivity contribution in [2.75, 3.05) is 13.6 Å². The van der Waals surface area contributed by atoms with Gasteiger partial charge in [-0.05, 0) is 30.0 Å². The first-order valence-electron chi connectivity index (χ1n) is 11.1. The van der Waals surface area contributed by atoms with Crippen LogP contribution in [0.25, 0.3) is 0 Å². The number of pyridine rings is 1. The molecule has 2 aromatic heterocycles. The average molecular weight is 435 g/mol. The fourth-order valence-electron chi connectivity index (χ4n) is 3.67. The number of rotatable bonds is 8. The fourth-order valence-corrected chi connectivity index (χ4v) is 3.67. The second-order valence-electron chi connectivity index (χ2n) is 8.38. The smallest absolute Gasteiger partial charge is 0.250 e. The van der Waals surface area contributed by atoms with Gasteiger partial charge in [-0.25, -0.2) is 4.99 Å². The molecule has 7 heteroatoms. The van der Waals surface area contributed by atoms with Crippen molar-refractivity contribution >= 4 is 5.96 Å². The van der Waals surface area contributed by atoms with Gasteiger partial charge in [-0.15, -0.1) is 0 Å². The molecule has 7 nitrogen and oxygen atoms in total. The number of nitrogens with one attached hydrogen (secondary N) is 1. The zero-order valence-electron chi connectivity index (χ0n) is 19.7. The number of hydrogen-bond donors (Lipinski definition) is 1. The lowest BCUT2D eigenvalue weighted by Gasteiger charge is -2.22. The molecular weight excluding hydrogens is 400 g/mol. The summed E-state index contributed by atoms with van der Waals surface area (Å²) in [6.45, 7) is 9.12. The summed E-state index contributed by atoms with van der Waals surface area (Å²) in [6.07, 6.45) is 3.90. The quantitative estimate of drug-likeness (QED) is 0.436. The highest BCUT2D eigenvalue weighted by atomic mass is 16.1. The van der Waals surface area contributed by atoms with Gasteiger partial charge in [-0.1, -0.05) is 44.2 Å². The molecule has 0 bridgehead atoms. The van der Waals surface area contributed by atoms with E-state index in [1.165, 1.54) is 5.56 Å². The standard InChI is InChI=1S/C25H34N6O/c1-6-26-25(29(4)17-22-18-30(5)28-24(22)19(2)3)27-15-20-10-12-21(13-11-20)16-31-14-8-7-9-23(31)32/h7-14,18-19H,6,15-17H2,1-5H3,(H,26,27). The Balaban J connectivity index is 1.68. The fraction of sp³-hybridized carbons (Fsp3) is 0.400. The first-order chi connectivity index (χ1) is 15.4. The van der Waals surface area contributed by atoms with Crippen LogP contribution < -0.4 is 10.9 Å². The number of benzene rings is 1. The second kappa shape index (κ2) is 10.8. The Kier molecular flexibility index (Phi) is 7.87. The van der Waals surface area contributed by atoms with Gasteiger partial charge in [0, 0.05) is 51.2 Å². The summed E-state index contributed by atoms with van der Waals surface area (Å²) in [7, 11) is 4.02. The molecule has 0 aliphatic heterocycles. The van der Waals surface area contributed by atoms with Crippen molar-refractivity contribution < 1.29 is 0 Å². The summed E-state index contributed by atoms with van der Waals surface area (Å²) in [5, 5.41) is 8.00. The summed E-state index contributed by atoms with van der Waals surface area (Å²) in [5.41, 5.74) is 4.57. The summed E-state index contributed by atoms with van der Waals surface area (Å²) >= 11 is 0. The van der Waals surface area contributed by atoms with Crippen LogP contribution in [0.3, 0.4) is 0 Å². The molecule has 2 heterocycles. The monoisotopic (exact) mass is 434 g/mol. The zero-order chi connectivity index (χ0) is 23.1. The lowest BCUT2D eigenvalue weighted by Crippen LogP contribution is -2.38. The highest BCUT2D eigenvalue weighted by molar-refractivity contribution is 5.79. The normalized spacial score (nSPS) is 11.8. The Bertz CT molecular complexity index is 1090. The van der Waals surface area contributed by atoms with Gasteiger partial charge in [0.2, 0.25) is 0 Å². The van der Waals surface area contributed by atoms with E-state index in [1.54, 1.807) is 16.7 Å². The van der Waals surface area contributed by atoms with Crippen LogP contribution in [0.15, 0.2) is 64.6 Å². The maximum absolute atomic E-state index is 11.9. The Morgan fingerprint density at radius 3 is 2.53 bits per heavy atom. The molecule has 0 radical (unpaired) electrons. The van der Waals surface area contributed by atoms with Gasteiger partial charge in [0.15, 0.2) is 5.96 Å². The lowest BCUT2D eigenvalue weighted by atomic mass is 10.1. The van der Waals surface area contributed by atoms with Crippen molar-refractivity contribution in [3.63, 3.8) is 0 Å². The molecule has 0 fully saturated rings. The lowest BCUT2D eigenvalue weighted by molar-refractivity contribution is 0.473. The van der Waals surface area contributed by atoms with Crippen molar-refractivity contribution in [1.82, 2.24) is 24.6 Å². The predicted molar refractivity (Wildman–Crippen MR) is 130 cm³/mol. The van der Waals surface area contributed by atoms with Crippen LogP contribution in [0.1, 0.15) is 49.1 Å². The maximum atomic E-state index is 11.9. The molecular formula is C25H34N6O. The first kappa shape index (κ1) is 23.3. The van der Waals surface area contributed by atoms with Gasteiger partial charge < -0.3 is 14.8 Å². The summed E-state index contributed by atoms with van der Waals surface area (Å²) in [4.78, 5) is 18.9.